The van der Waals surface area contributed by atoms with Crippen molar-refractivity contribution in [1.29, 1.82) is 0 Å². The normalized spacial score (nSPS) is 22.6. The summed E-state index contributed by atoms with van der Waals surface area (Å²) in [4.78, 5) is 4.08. The van der Waals surface area contributed by atoms with Crippen LogP contribution in [0.3, 0.4) is 0 Å². The van der Waals surface area contributed by atoms with Gasteiger partial charge in [-0.1, -0.05) is 12.1 Å². The molecule has 96 valence electrons. The summed E-state index contributed by atoms with van der Waals surface area (Å²) in [5.41, 5.74) is 0. The molecule has 1 fully saturated rings. The molecule has 0 radical (unpaired) electrons. The third kappa shape index (κ3) is 2.80. The van der Waals surface area contributed by atoms with Crippen molar-refractivity contribution >= 4 is 0 Å². The lowest BCUT2D eigenvalue weighted by molar-refractivity contribution is -0.0402. The van der Waals surface area contributed by atoms with Gasteiger partial charge < -0.3 is 9.63 Å². The van der Waals surface area contributed by atoms with Crippen molar-refractivity contribution in [2.24, 2.45) is 0 Å². The molecule has 1 N–H and O–H groups in total. The van der Waals surface area contributed by atoms with Gasteiger partial charge in [-0.3, -0.25) is 0 Å². The highest BCUT2D eigenvalue weighted by atomic mass is 19.3. The van der Waals surface area contributed by atoms with Crippen LogP contribution in [0.15, 0.2) is 4.52 Å². The van der Waals surface area contributed by atoms with Crippen molar-refractivity contribution in [1.82, 2.24) is 10.1 Å². The quantitative estimate of drug-likeness (QED) is 0.890. The molecule has 0 aromatic carbocycles. The van der Waals surface area contributed by atoms with Crippen molar-refractivity contribution in [3.63, 3.8) is 0 Å². The number of halogens is 2. The molecule has 1 unspecified atom stereocenters. The first-order valence-corrected chi connectivity index (χ1v) is 5.91. The summed E-state index contributed by atoms with van der Waals surface area (Å²) in [6.45, 7) is 1.81. The van der Waals surface area contributed by atoms with Crippen molar-refractivity contribution in [2.75, 3.05) is 0 Å². The fraction of sp³-hybridized carbons (Fsp3) is 0.818. The minimum Gasteiger partial charge on any atom is -0.385 e. The molecule has 0 spiro atoms. The van der Waals surface area contributed by atoms with Crippen LogP contribution in [0.2, 0.25) is 0 Å². The number of rotatable bonds is 3. The first-order chi connectivity index (χ1) is 8.02. The topological polar surface area (TPSA) is 59.2 Å². The van der Waals surface area contributed by atoms with Crippen LogP contribution in [0.5, 0.6) is 0 Å². The Morgan fingerprint density at radius 2 is 2.12 bits per heavy atom. The van der Waals surface area contributed by atoms with Crippen molar-refractivity contribution in [2.45, 2.75) is 57.0 Å². The largest absolute Gasteiger partial charge is 0.385 e. The van der Waals surface area contributed by atoms with Gasteiger partial charge in [-0.2, -0.15) is 4.98 Å². The number of aliphatic hydroxyl groups excluding tert-OH is 1. The molecule has 0 amide bonds. The van der Waals surface area contributed by atoms with Gasteiger partial charge in [-0.25, -0.2) is 8.78 Å². The lowest BCUT2D eigenvalue weighted by atomic mass is 9.87. The molecule has 1 aromatic heterocycles. The van der Waals surface area contributed by atoms with E-state index in [1.807, 2.05) is 6.92 Å². The number of hydrogen-bond acceptors (Lipinski definition) is 4. The fourth-order valence-electron chi connectivity index (χ4n) is 2.02. The molecule has 2 rings (SSSR count). The van der Waals surface area contributed by atoms with Gasteiger partial charge in [0, 0.05) is 18.8 Å². The third-order valence-corrected chi connectivity index (χ3v) is 3.21. The Bertz CT molecular complexity index is 371. The second kappa shape index (κ2) is 4.68. The summed E-state index contributed by atoms with van der Waals surface area (Å²) in [7, 11) is 0. The average Bonchev–Trinajstić information content (AvgIpc) is 2.77. The molecule has 1 aliphatic rings. The lowest BCUT2D eigenvalue weighted by Crippen LogP contribution is -2.23. The molecule has 17 heavy (non-hydrogen) atoms. The van der Waals surface area contributed by atoms with E-state index < -0.39 is 12.0 Å². The summed E-state index contributed by atoms with van der Waals surface area (Å²) in [6.07, 6.45) is 0.213. The van der Waals surface area contributed by atoms with Gasteiger partial charge >= 0.3 is 0 Å². The van der Waals surface area contributed by atoms with E-state index in [0.29, 0.717) is 25.2 Å². The van der Waals surface area contributed by atoms with Crippen molar-refractivity contribution in [3.8, 4) is 0 Å². The highest BCUT2D eigenvalue weighted by Gasteiger charge is 2.37. The highest BCUT2D eigenvalue weighted by Crippen LogP contribution is 2.40. The van der Waals surface area contributed by atoms with Crippen LogP contribution in [0, 0.1) is 0 Å². The third-order valence-electron chi connectivity index (χ3n) is 3.21. The zero-order chi connectivity index (χ0) is 12.5. The van der Waals surface area contributed by atoms with Crippen LogP contribution >= 0.6 is 0 Å². The highest BCUT2D eigenvalue weighted by molar-refractivity contribution is 4.99. The van der Waals surface area contributed by atoms with E-state index in [2.05, 4.69) is 10.1 Å². The first kappa shape index (κ1) is 12.4. The summed E-state index contributed by atoms with van der Waals surface area (Å²) in [6, 6.07) is 0. The Labute approximate surface area is 98.0 Å². The first-order valence-electron chi connectivity index (χ1n) is 5.91. The predicted molar refractivity (Wildman–Crippen MR) is 55.7 cm³/mol. The molecule has 6 heteroatoms. The Kier molecular flexibility index (Phi) is 3.42. The number of alkyl halides is 2. The summed E-state index contributed by atoms with van der Waals surface area (Å²) < 4.78 is 31.0. The van der Waals surface area contributed by atoms with Gasteiger partial charge in [0.25, 0.3) is 0 Å². The zero-order valence-electron chi connectivity index (χ0n) is 9.70. The molecule has 0 bridgehead atoms. The Morgan fingerprint density at radius 1 is 1.47 bits per heavy atom. The molecule has 1 aromatic rings. The molecule has 4 nitrogen and oxygen atoms in total. The molecular weight excluding hydrogens is 230 g/mol. The van der Waals surface area contributed by atoms with E-state index in [0.717, 1.165) is 0 Å². The standard InChI is InChI=1S/C11H16F2N2O2/c1-2-8(16)9-14-10(17-15-9)7-3-5-11(12,13)6-4-7/h7-8,16H,2-6H2,1H3. The number of hydrogen-bond donors (Lipinski definition) is 1. The maximum absolute atomic E-state index is 13.0. The summed E-state index contributed by atoms with van der Waals surface area (Å²) in [5, 5.41) is 13.2. The molecule has 1 atom stereocenters. The SMILES string of the molecule is CCC(O)c1noc(C2CCC(F)(F)CC2)n1. The molecule has 1 aliphatic carbocycles. The average molecular weight is 246 g/mol. The summed E-state index contributed by atoms with van der Waals surface area (Å²) in [5.74, 6) is -2.02. The van der Waals surface area contributed by atoms with E-state index in [1.165, 1.54) is 0 Å². The van der Waals surface area contributed by atoms with Crippen molar-refractivity contribution < 1.29 is 18.4 Å². The minimum absolute atomic E-state index is 0.0973. The summed E-state index contributed by atoms with van der Waals surface area (Å²) >= 11 is 0. The van der Waals surface area contributed by atoms with Crippen molar-refractivity contribution in [3.05, 3.63) is 11.7 Å². The van der Waals surface area contributed by atoms with E-state index in [4.69, 9.17) is 4.52 Å². The molecule has 0 saturated heterocycles. The van der Waals surface area contributed by atoms with Crippen LogP contribution < -0.4 is 0 Å². The minimum atomic E-state index is -2.55. The van der Waals surface area contributed by atoms with Gasteiger partial charge in [0.05, 0.1) is 0 Å². The lowest BCUT2D eigenvalue weighted by Gasteiger charge is -2.25. The van der Waals surface area contributed by atoms with E-state index in [9.17, 15) is 13.9 Å². The Balaban J connectivity index is 2.01. The second-order valence-corrected chi connectivity index (χ2v) is 4.55. The van der Waals surface area contributed by atoms with Gasteiger partial charge in [0.1, 0.15) is 6.10 Å². The van der Waals surface area contributed by atoms with E-state index >= 15 is 0 Å². The number of aromatic nitrogens is 2. The fourth-order valence-corrected chi connectivity index (χ4v) is 2.02. The van der Waals surface area contributed by atoms with Crippen LogP contribution in [-0.2, 0) is 0 Å². The molecular formula is C11H16F2N2O2. The van der Waals surface area contributed by atoms with Crippen LogP contribution in [0.1, 0.15) is 62.8 Å². The smallest absolute Gasteiger partial charge is 0.248 e. The van der Waals surface area contributed by atoms with Crippen LogP contribution in [0.4, 0.5) is 8.78 Å². The number of nitrogens with zero attached hydrogens (tertiary/aromatic N) is 2. The monoisotopic (exact) mass is 246 g/mol. The van der Waals surface area contributed by atoms with Gasteiger partial charge in [0.15, 0.2) is 5.82 Å². The Morgan fingerprint density at radius 3 is 2.71 bits per heavy atom. The van der Waals surface area contributed by atoms with Crippen LogP contribution in [-0.4, -0.2) is 21.2 Å². The second-order valence-electron chi connectivity index (χ2n) is 4.55. The van der Waals surface area contributed by atoms with Crippen LogP contribution in [0.25, 0.3) is 0 Å². The van der Waals surface area contributed by atoms with E-state index in [-0.39, 0.29) is 24.6 Å². The van der Waals surface area contributed by atoms with Gasteiger partial charge in [-0.05, 0) is 19.3 Å². The Hall–Kier alpha value is -1.04. The predicted octanol–water partition coefficient (Wildman–Crippen LogP) is 2.81. The number of aliphatic hydroxyl groups is 1. The molecule has 1 heterocycles. The maximum Gasteiger partial charge on any atom is 0.248 e. The molecule has 0 aliphatic heterocycles. The van der Waals surface area contributed by atoms with Gasteiger partial charge in [0.2, 0.25) is 11.8 Å². The maximum atomic E-state index is 13.0. The van der Waals surface area contributed by atoms with Gasteiger partial charge in [-0.15, -0.1) is 0 Å². The molecule has 1 saturated carbocycles. The van der Waals surface area contributed by atoms with E-state index in [1.54, 1.807) is 0 Å². The zero-order valence-corrected chi connectivity index (χ0v) is 9.70.